The van der Waals surface area contributed by atoms with Gasteiger partial charge >= 0.3 is 12.0 Å². The van der Waals surface area contributed by atoms with Gasteiger partial charge in [0.1, 0.15) is 18.6 Å². The molecule has 300 valence electrons. The molecule has 1 aliphatic carbocycles. The number of hydrogen-bond acceptors (Lipinski definition) is 12. The Balaban J connectivity index is 0.000000682. The van der Waals surface area contributed by atoms with Crippen LogP contribution in [0.1, 0.15) is 107 Å². The number of urea groups is 1. The second-order valence-corrected chi connectivity index (χ2v) is 12.6. The maximum atomic E-state index is 13.0. The van der Waals surface area contributed by atoms with Gasteiger partial charge in [0, 0.05) is 25.1 Å². The van der Waals surface area contributed by atoms with Gasteiger partial charge < -0.3 is 35.2 Å². The number of hydrogen-bond donors (Lipinski definition) is 3. The second kappa shape index (κ2) is 24.6. The van der Waals surface area contributed by atoms with Crippen molar-refractivity contribution in [1.82, 2.24) is 29.7 Å². The summed E-state index contributed by atoms with van der Waals surface area (Å²) in [5.74, 6) is 0.634. The number of anilines is 2. The van der Waals surface area contributed by atoms with Crippen molar-refractivity contribution >= 4 is 35.3 Å². The monoisotopic (exact) mass is 769 g/mol. The highest BCUT2D eigenvalue weighted by atomic mass is 16.5. The largest absolute Gasteiger partial charge is 0.462 e. The lowest BCUT2D eigenvalue weighted by Crippen LogP contribution is -2.22. The van der Waals surface area contributed by atoms with Crippen LogP contribution in [0.15, 0.2) is 77.2 Å². The first-order valence-electron chi connectivity index (χ1n) is 19.0. The fourth-order valence-electron chi connectivity index (χ4n) is 5.67. The number of aromatic nitrogens is 6. The first-order chi connectivity index (χ1) is 27.2. The van der Waals surface area contributed by atoms with Crippen molar-refractivity contribution < 1.29 is 28.4 Å². The number of amides is 2. The van der Waals surface area contributed by atoms with E-state index in [0.717, 1.165) is 48.9 Å². The fourth-order valence-corrected chi connectivity index (χ4v) is 5.67. The molecule has 1 fully saturated rings. The van der Waals surface area contributed by atoms with Crippen molar-refractivity contribution in [2.75, 3.05) is 30.4 Å². The van der Waals surface area contributed by atoms with Crippen LogP contribution in [0.4, 0.5) is 16.2 Å². The van der Waals surface area contributed by atoms with Crippen molar-refractivity contribution in [2.45, 2.75) is 92.6 Å². The Hall–Kier alpha value is -5.80. The van der Waals surface area contributed by atoms with Gasteiger partial charge in [-0.3, -0.25) is 4.98 Å². The van der Waals surface area contributed by atoms with E-state index >= 15 is 0 Å². The molecule has 0 aliphatic heterocycles. The van der Waals surface area contributed by atoms with Crippen LogP contribution in [-0.2, 0) is 20.9 Å². The molecule has 6 rings (SSSR count). The molecular formula is C41H55N9O6. The third kappa shape index (κ3) is 14.1. The van der Waals surface area contributed by atoms with Crippen molar-refractivity contribution in [3.8, 4) is 11.5 Å². The molecule has 1 aliphatic rings. The Morgan fingerprint density at radius 2 is 1.73 bits per heavy atom. The van der Waals surface area contributed by atoms with Crippen LogP contribution in [0.3, 0.4) is 0 Å². The van der Waals surface area contributed by atoms with Gasteiger partial charge in [-0.1, -0.05) is 61.7 Å². The summed E-state index contributed by atoms with van der Waals surface area (Å²) in [6.07, 6.45) is 13.5. The van der Waals surface area contributed by atoms with Gasteiger partial charge in [0.15, 0.2) is 5.65 Å². The summed E-state index contributed by atoms with van der Waals surface area (Å²) in [5, 5.41) is 14.3. The van der Waals surface area contributed by atoms with Gasteiger partial charge in [-0.15, -0.1) is 0 Å². The standard InChI is InChI=1S/C32H34N8O5.C5H11N.C2H4O.C2H6/c1-21-17-24(36-32(42)37-25-19-33-26-13-14-35-40(26)29(25)22-9-5-6-10-22)18-34-28(21)30-38-27(45-39-30)20-43-15-7-8-16-44-31(41)23-11-3-2-4-12-23;1-5(2)3-4-6;1-2-3;1-2/h2-4,11-14,17-19,22H,5-10,15-16,20H2,1H3,(H2,36,37,42);3H,4,6H2,1-2H3;2H,1H3;1-2H3. The molecule has 0 atom stereocenters. The van der Waals surface area contributed by atoms with Crippen LogP contribution >= 0.6 is 0 Å². The molecule has 0 bridgehead atoms. The third-order valence-corrected chi connectivity index (χ3v) is 8.14. The maximum absolute atomic E-state index is 13.0. The van der Waals surface area contributed by atoms with Gasteiger partial charge in [0.25, 0.3) is 5.89 Å². The zero-order chi connectivity index (χ0) is 40.7. The summed E-state index contributed by atoms with van der Waals surface area (Å²) in [7, 11) is 0. The lowest BCUT2D eigenvalue weighted by atomic mass is 10.0. The van der Waals surface area contributed by atoms with Crippen molar-refractivity contribution in [3.05, 3.63) is 95.4 Å². The molecule has 0 saturated heterocycles. The molecule has 0 unspecified atom stereocenters. The second-order valence-electron chi connectivity index (χ2n) is 12.6. The number of nitrogens with one attached hydrogen (secondary N) is 2. The number of carbonyl (C=O) groups excluding carboxylic acids is 3. The van der Waals surface area contributed by atoms with E-state index in [1.54, 1.807) is 48.9 Å². The number of benzene rings is 1. The number of nitrogens with zero attached hydrogens (tertiary/aromatic N) is 6. The van der Waals surface area contributed by atoms with Crippen LogP contribution in [0.25, 0.3) is 17.2 Å². The highest BCUT2D eigenvalue weighted by Crippen LogP contribution is 2.37. The van der Waals surface area contributed by atoms with Gasteiger partial charge in [-0.2, -0.15) is 10.1 Å². The number of carbonyl (C=O) groups is 3. The minimum atomic E-state index is -0.398. The van der Waals surface area contributed by atoms with Gasteiger partial charge in [-0.05, 0) is 77.1 Å². The first kappa shape index (κ1) is 44.6. The van der Waals surface area contributed by atoms with Gasteiger partial charge in [0.2, 0.25) is 5.82 Å². The van der Waals surface area contributed by atoms with E-state index in [2.05, 4.69) is 35.8 Å². The quantitative estimate of drug-likeness (QED) is 0.0450. The molecule has 1 saturated carbocycles. The molecule has 4 aromatic heterocycles. The van der Waals surface area contributed by atoms with E-state index in [9.17, 15) is 9.59 Å². The van der Waals surface area contributed by atoms with Crippen molar-refractivity contribution in [1.29, 1.82) is 0 Å². The van der Waals surface area contributed by atoms with E-state index in [4.69, 9.17) is 24.5 Å². The molecule has 15 heteroatoms. The Bertz CT molecular complexity index is 1970. The molecule has 15 nitrogen and oxygen atoms in total. The summed E-state index contributed by atoms with van der Waals surface area (Å²) < 4.78 is 18.1. The normalized spacial score (nSPS) is 11.8. The Morgan fingerprint density at radius 3 is 2.39 bits per heavy atom. The number of pyridine rings is 1. The van der Waals surface area contributed by atoms with E-state index < -0.39 is 6.03 Å². The molecular weight excluding hydrogens is 715 g/mol. The summed E-state index contributed by atoms with van der Waals surface area (Å²) in [6, 6.07) is 12.1. The number of ether oxygens (including phenoxy) is 2. The number of fused-ring (bicyclic) bond motifs is 1. The highest BCUT2D eigenvalue weighted by molar-refractivity contribution is 6.00. The summed E-state index contributed by atoms with van der Waals surface area (Å²) in [5.41, 5.74) is 11.2. The molecule has 56 heavy (non-hydrogen) atoms. The van der Waals surface area contributed by atoms with Crippen LogP contribution in [0.2, 0.25) is 0 Å². The lowest BCUT2D eigenvalue weighted by molar-refractivity contribution is -0.106. The highest BCUT2D eigenvalue weighted by Gasteiger charge is 2.25. The van der Waals surface area contributed by atoms with E-state index in [0.29, 0.717) is 72.9 Å². The molecule has 1 aromatic carbocycles. The first-order valence-corrected chi connectivity index (χ1v) is 19.0. The number of esters is 1. The summed E-state index contributed by atoms with van der Waals surface area (Å²) in [4.78, 5) is 47.1. The average Bonchev–Trinajstić information content (AvgIpc) is 4.00. The molecule has 4 heterocycles. The number of rotatable bonds is 13. The Labute approximate surface area is 328 Å². The van der Waals surface area contributed by atoms with Crippen LogP contribution in [-0.4, -0.2) is 67.8 Å². The van der Waals surface area contributed by atoms with Gasteiger partial charge in [-0.25, -0.2) is 19.1 Å². The SMILES string of the molecule is CC.CC(C)=CCN.CC=O.Cc1cc(NC(=O)Nc2cnc3ccnn3c2C2CCCC2)cnc1-c1noc(COCCCCOC(=O)c2ccccc2)n1. The van der Waals surface area contributed by atoms with Crippen LogP contribution in [0, 0.1) is 6.92 Å². The maximum Gasteiger partial charge on any atom is 0.338 e. The third-order valence-electron chi connectivity index (χ3n) is 8.14. The molecule has 4 N–H and O–H groups in total. The molecule has 0 spiro atoms. The van der Waals surface area contributed by atoms with Crippen molar-refractivity contribution in [2.24, 2.45) is 5.73 Å². The topological polar surface area (TPSA) is 202 Å². The number of unbranched alkanes of at least 4 members (excludes halogenated alkanes) is 1. The number of nitrogens with two attached hydrogens (primary N) is 1. The minimum absolute atomic E-state index is 0.150. The van der Waals surface area contributed by atoms with Gasteiger partial charge in [0.05, 0.1) is 47.8 Å². The minimum Gasteiger partial charge on any atom is -0.462 e. The van der Waals surface area contributed by atoms with E-state index in [1.165, 1.54) is 12.5 Å². The van der Waals surface area contributed by atoms with Crippen LogP contribution in [0.5, 0.6) is 0 Å². The predicted molar refractivity (Wildman–Crippen MR) is 216 cm³/mol. The zero-order valence-corrected chi connectivity index (χ0v) is 33.3. The fraction of sp³-hybridized carbons (Fsp3) is 0.415. The smallest absolute Gasteiger partial charge is 0.338 e. The molecule has 0 radical (unpaired) electrons. The summed E-state index contributed by atoms with van der Waals surface area (Å²) in [6.45, 7) is 13.0. The lowest BCUT2D eigenvalue weighted by Gasteiger charge is -2.17. The van der Waals surface area contributed by atoms with Crippen molar-refractivity contribution in [3.63, 3.8) is 0 Å². The number of aldehydes is 1. The predicted octanol–water partition coefficient (Wildman–Crippen LogP) is 8.08. The zero-order valence-electron chi connectivity index (χ0n) is 33.3. The Kier molecular flexibility index (Phi) is 19.6. The molecule has 5 aromatic rings. The average molecular weight is 770 g/mol. The van der Waals surface area contributed by atoms with Crippen LogP contribution < -0.4 is 16.4 Å². The van der Waals surface area contributed by atoms with E-state index in [1.807, 2.05) is 57.3 Å². The number of aryl methyl sites for hydroxylation is 1. The van der Waals surface area contributed by atoms with E-state index in [-0.39, 0.29) is 12.6 Å². The summed E-state index contributed by atoms with van der Waals surface area (Å²) >= 11 is 0. The Morgan fingerprint density at radius 1 is 1.02 bits per heavy atom. The molecule has 2 amide bonds. The number of allylic oxidation sites excluding steroid dienone is 1.